The first kappa shape index (κ1) is 19.8. The summed E-state index contributed by atoms with van der Waals surface area (Å²) in [6, 6.07) is 10.5. The summed E-state index contributed by atoms with van der Waals surface area (Å²) in [5.41, 5.74) is 0.160. The van der Waals surface area contributed by atoms with Crippen LogP contribution in [0.15, 0.2) is 58.3 Å². The van der Waals surface area contributed by atoms with Crippen LogP contribution in [0.1, 0.15) is 25.7 Å². The van der Waals surface area contributed by atoms with E-state index >= 15 is 0 Å². The Morgan fingerprint density at radius 1 is 0.815 bits per heavy atom. The van der Waals surface area contributed by atoms with Crippen LogP contribution in [-0.4, -0.2) is 34.2 Å². The van der Waals surface area contributed by atoms with E-state index in [0.29, 0.717) is 13.1 Å². The number of nitrogens with zero attached hydrogens (tertiary/aromatic N) is 1. The third-order valence-corrected chi connectivity index (χ3v) is 7.76. The molecule has 0 saturated carbocycles. The molecule has 0 aromatic heterocycles. The van der Waals surface area contributed by atoms with E-state index in [0.717, 1.165) is 37.8 Å². The average Bonchev–Trinajstić information content (AvgIpc) is 2.92. The Bertz CT molecular complexity index is 998. The zero-order chi connectivity index (χ0) is 19.5. The molecule has 0 amide bonds. The lowest BCUT2D eigenvalue weighted by Crippen LogP contribution is -2.31. The molecule has 6 nitrogen and oxygen atoms in total. The molecule has 0 spiro atoms. The quantitative estimate of drug-likeness (QED) is 0.818. The van der Waals surface area contributed by atoms with Gasteiger partial charge in [-0.05, 0) is 49.2 Å². The van der Waals surface area contributed by atoms with Crippen molar-refractivity contribution in [3.05, 3.63) is 54.3 Å². The molecule has 1 heterocycles. The molecule has 1 aliphatic heterocycles. The SMILES string of the molecule is O=S(=O)(Nc1ccc(S(=O)(=O)N2CCCCCC2)cc1)c1ccccc1F. The summed E-state index contributed by atoms with van der Waals surface area (Å²) in [5.74, 6) is -0.856. The van der Waals surface area contributed by atoms with Crippen LogP contribution in [0, 0.1) is 5.82 Å². The second kappa shape index (κ2) is 7.95. The van der Waals surface area contributed by atoms with Gasteiger partial charge in [0.05, 0.1) is 4.90 Å². The summed E-state index contributed by atoms with van der Waals surface area (Å²) in [6.07, 6.45) is 3.70. The Morgan fingerprint density at radius 3 is 2.00 bits per heavy atom. The van der Waals surface area contributed by atoms with E-state index in [1.165, 1.54) is 40.7 Å². The highest BCUT2D eigenvalue weighted by molar-refractivity contribution is 7.92. The summed E-state index contributed by atoms with van der Waals surface area (Å²) in [7, 11) is -7.71. The largest absolute Gasteiger partial charge is 0.280 e. The predicted octanol–water partition coefficient (Wildman–Crippen LogP) is 3.19. The monoisotopic (exact) mass is 412 g/mol. The first-order chi connectivity index (χ1) is 12.8. The van der Waals surface area contributed by atoms with E-state index in [9.17, 15) is 21.2 Å². The molecule has 0 bridgehead atoms. The number of sulfonamides is 2. The van der Waals surface area contributed by atoms with Crippen molar-refractivity contribution in [3.8, 4) is 0 Å². The molecule has 1 aliphatic rings. The van der Waals surface area contributed by atoms with E-state index in [-0.39, 0.29) is 10.6 Å². The van der Waals surface area contributed by atoms with Gasteiger partial charge in [0.1, 0.15) is 10.7 Å². The second-order valence-electron chi connectivity index (χ2n) is 6.38. The third kappa shape index (κ3) is 4.48. The lowest BCUT2D eigenvalue weighted by molar-refractivity contribution is 0.424. The minimum absolute atomic E-state index is 0.109. The van der Waals surface area contributed by atoms with Crippen molar-refractivity contribution in [3.63, 3.8) is 0 Å². The lowest BCUT2D eigenvalue weighted by Gasteiger charge is -2.20. The lowest BCUT2D eigenvalue weighted by atomic mass is 10.2. The van der Waals surface area contributed by atoms with E-state index in [4.69, 9.17) is 0 Å². The summed E-state index contributed by atoms with van der Waals surface area (Å²) >= 11 is 0. The van der Waals surface area contributed by atoms with Crippen molar-refractivity contribution in [1.29, 1.82) is 0 Å². The molecule has 0 unspecified atom stereocenters. The van der Waals surface area contributed by atoms with Gasteiger partial charge in [0, 0.05) is 18.8 Å². The van der Waals surface area contributed by atoms with Gasteiger partial charge in [-0.15, -0.1) is 0 Å². The van der Waals surface area contributed by atoms with Gasteiger partial charge in [0.15, 0.2) is 0 Å². The minimum Gasteiger partial charge on any atom is -0.280 e. The number of nitrogens with one attached hydrogen (secondary N) is 1. The Labute approximate surface area is 159 Å². The normalized spacial score (nSPS) is 16.6. The topological polar surface area (TPSA) is 83.5 Å². The van der Waals surface area contributed by atoms with Crippen molar-refractivity contribution in [2.45, 2.75) is 35.5 Å². The standard InChI is InChI=1S/C18H21FN2O4S2/c19-17-7-3-4-8-18(17)26(22,23)20-15-9-11-16(12-10-15)27(24,25)21-13-5-1-2-6-14-21/h3-4,7-12,20H,1-2,5-6,13-14H2. The number of anilines is 1. The van der Waals surface area contributed by atoms with Gasteiger partial charge >= 0.3 is 0 Å². The van der Waals surface area contributed by atoms with Crippen LogP contribution >= 0.6 is 0 Å². The highest BCUT2D eigenvalue weighted by Gasteiger charge is 2.25. The Morgan fingerprint density at radius 2 is 1.41 bits per heavy atom. The highest BCUT2D eigenvalue weighted by atomic mass is 32.2. The maximum atomic E-state index is 13.7. The molecule has 3 rings (SSSR count). The van der Waals surface area contributed by atoms with Crippen molar-refractivity contribution in [1.82, 2.24) is 4.31 Å². The molecular formula is C18H21FN2O4S2. The van der Waals surface area contributed by atoms with Gasteiger partial charge in [-0.3, -0.25) is 4.72 Å². The van der Waals surface area contributed by atoms with Crippen molar-refractivity contribution >= 4 is 25.7 Å². The van der Waals surface area contributed by atoms with Crippen LogP contribution in [-0.2, 0) is 20.0 Å². The van der Waals surface area contributed by atoms with E-state index in [1.54, 1.807) is 0 Å². The smallest absolute Gasteiger partial charge is 0.264 e. The highest BCUT2D eigenvalue weighted by Crippen LogP contribution is 2.23. The molecule has 27 heavy (non-hydrogen) atoms. The fourth-order valence-corrected chi connectivity index (χ4v) is 5.65. The number of rotatable bonds is 5. The van der Waals surface area contributed by atoms with Gasteiger partial charge in [-0.2, -0.15) is 4.31 Å². The average molecular weight is 413 g/mol. The molecule has 0 radical (unpaired) electrons. The van der Waals surface area contributed by atoms with E-state index in [2.05, 4.69) is 4.72 Å². The van der Waals surface area contributed by atoms with Gasteiger partial charge in [0.2, 0.25) is 10.0 Å². The molecule has 1 fully saturated rings. The maximum absolute atomic E-state index is 13.7. The first-order valence-electron chi connectivity index (χ1n) is 8.68. The van der Waals surface area contributed by atoms with E-state index < -0.39 is 30.8 Å². The predicted molar refractivity (Wildman–Crippen MR) is 101 cm³/mol. The first-order valence-corrected chi connectivity index (χ1v) is 11.6. The van der Waals surface area contributed by atoms with Crippen molar-refractivity contribution < 1.29 is 21.2 Å². The molecule has 1 N–H and O–H groups in total. The van der Waals surface area contributed by atoms with Crippen LogP contribution < -0.4 is 4.72 Å². The van der Waals surface area contributed by atoms with Gasteiger partial charge in [-0.25, -0.2) is 21.2 Å². The Hall–Kier alpha value is -1.97. The number of hydrogen-bond acceptors (Lipinski definition) is 4. The molecule has 146 valence electrons. The molecule has 0 aliphatic carbocycles. The van der Waals surface area contributed by atoms with Crippen LogP contribution in [0.2, 0.25) is 0 Å². The number of benzene rings is 2. The van der Waals surface area contributed by atoms with Crippen LogP contribution in [0.25, 0.3) is 0 Å². The van der Waals surface area contributed by atoms with Crippen LogP contribution in [0.4, 0.5) is 10.1 Å². The van der Waals surface area contributed by atoms with Gasteiger partial charge in [0.25, 0.3) is 10.0 Å². The fraction of sp³-hybridized carbons (Fsp3) is 0.333. The summed E-state index contributed by atoms with van der Waals surface area (Å²) in [5, 5.41) is 0. The molecule has 2 aromatic carbocycles. The van der Waals surface area contributed by atoms with E-state index in [1.807, 2.05) is 0 Å². The second-order valence-corrected chi connectivity index (χ2v) is 9.97. The number of hydrogen-bond donors (Lipinski definition) is 1. The number of halogens is 1. The molecular weight excluding hydrogens is 391 g/mol. The van der Waals surface area contributed by atoms with Gasteiger partial charge in [-0.1, -0.05) is 25.0 Å². The zero-order valence-electron chi connectivity index (χ0n) is 14.6. The van der Waals surface area contributed by atoms with Crippen molar-refractivity contribution in [2.24, 2.45) is 0 Å². The van der Waals surface area contributed by atoms with Crippen LogP contribution in [0.3, 0.4) is 0 Å². The summed E-state index contributed by atoms with van der Waals surface area (Å²) in [4.78, 5) is -0.357. The molecule has 1 saturated heterocycles. The molecule has 2 aromatic rings. The van der Waals surface area contributed by atoms with Gasteiger partial charge < -0.3 is 0 Å². The summed E-state index contributed by atoms with van der Waals surface area (Å²) in [6.45, 7) is 0.980. The Balaban J connectivity index is 1.80. The summed E-state index contributed by atoms with van der Waals surface area (Å²) < 4.78 is 67.6. The van der Waals surface area contributed by atoms with Crippen LogP contribution in [0.5, 0.6) is 0 Å². The third-order valence-electron chi connectivity index (χ3n) is 4.44. The Kier molecular flexibility index (Phi) is 5.83. The maximum Gasteiger partial charge on any atom is 0.264 e. The zero-order valence-corrected chi connectivity index (χ0v) is 16.3. The minimum atomic E-state index is -4.10. The fourth-order valence-electron chi connectivity index (χ4n) is 3.00. The van der Waals surface area contributed by atoms with Crippen molar-refractivity contribution in [2.75, 3.05) is 17.8 Å². The molecule has 9 heteroatoms. The molecule has 0 atom stereocenters.